The van der Waals surface area contributed by atoms with Gasteiger partial charge in [-0.05, 0) is 31.5 Å². The van der Waals surface area contributed by atoms with E-state index in [9.17, 15) is 9.18 Å². The molecule has 0 aliphatic rings. The van der Waals surface area contributed by atoms with Gasteiger partial charge in [-0.15, -0.1) is 11.3 Å². The monoisotopic (exact) mass is 265 g/mol. The van der Waals surface area contributed by atoms with E-state index in [0.717, 1.165) is 5.01 Å². The van der Waals surface area contributed by atoms with Crippen LogP contribution in [0.3, 0.4) is 0 Å². The predicted octanol–water partition coefficient (Wildman–Crippen LogP) is 2.73. The van der Waals surface area contributed by atoms with Crippen molar-refractivity contribution in [3.63, 3.8) is 0 Å². The molecule has 0 bridgehead atoms. The molecule has 4 nitrogen and oxygen atoms in total. The van der Waals surface area contributed by atoms with Crippen molar-refractivity contribution in [3.8, 4) is 0 Å². The Hall–Kier alpha value is -1.95. The van der Waals surface area contributed by atoms with Crippen LogP contribution in [0.4, 0.5) is 15.8 Å². The summed E-state index contributed by atoms with van der Waals surface area (Å²) in [5.41, 5.74) is 7.00. The van der Waals surface area contributed by atoms with E-state index < -0.39 is 11.7 Å². The first-order valence-corrected chi connectivity index (χ1v) is 6.15. The van der Waals surface area contributed by atoms with Gasteiger partial charge in [0.1, 0.15) is 11.5 Å². The number of hydrogen-bond acceptors (Lipinski definition) is 4. The number of nitrogen functional groups attached to an aromatic ring is 1. The van der Waals surface area contributed by atoms with Crippen LogP contribution in [0.15, 0.2) is 17.5 Å². The summed E-state index contributed by atoms with van der Waals surface area (Å²) in [7, 11) is 0. The Morgan fingerprint density at radius 2 is 2.17 bits per heavy atom. The Labute approximate surface area is 108 Å². The molecule has 0 saturated heterocycles. The van der Waals surface area contributed by atoms with Crippen molar-refractivity contribution in [1.29, 1.82) is 0 Å². The number of aryl methyl sites for hydroxylation is 1. The summed E-state index contributed by atoms with van der Waals surface area (Å²) in [4.78, 5) is 15.9. The van der Waals surface area contributed by atoms with E-state index in [1.165, 1.54) is 23.5 Å². The van der Waals surface area contributed by atoms with Gasteiger partial charge in [-0.2, -0.15) is 0 Å². The van der Waals surface area contributed by atoms with E-state index in [1.54, 1.807) is 19.2 Å². The molecular formula is C12H12FN3OS. The Morgan fingerprint density at radius 3 is 2.78 bits per heavy atom. The highest BCUT2D eigenvalue weighted by molar-refractivity contribution is 7.09. The molecule has 1 heterocycles. The van der Waals surface area contributed by atoms with E-state index in [4.69, 9.17) is 5.73 Å². The second-order valence-electron chi connectivity index (χ2n) is 3.84. The average Bonchev–Trinajstić information content (AvgIpc) is 2.76. The Bertz CT molecular complexity index is 609. The first-order chi connectivity index (χ1) is 8.49. The van der Waals surface area contributed by atoms with E-state index in [0.29, 0.717) is 11.3 Å². The number of aromatic nitrogens is 1. The molecule has 0 spiro atoms. The number of nitrogens with one attached hydrogen (secondary N) is 1. The molecule has 2 rings (SSSR count). The highest BCUT2D eigenvalue weighted by atomic mass is 32.1. The first kappa shape index (κ1) is 12.5. The third-order valence-corrected chi connectivity index (χ3v) is 3.32. The van der Waals surface area contributed by atoms with Gasteiger partial charge in [0.25, 0.3) is 5.91 Å². The summed E-state index contributed by atoms with van der Waals surface area (Å²) >= 11 is 1.36. The van der Waals surface area contributed by atoms with Crippen LogP contribution < -0.4 is 11.1 Å². The number of carbonyl (C=O) groups excluding carboxylic acids is 1. The molecule has 0 atom stereocenters. The van der Waals surface area contributed by atoms with Crippen molar-refractivity contribution in [2.45, 2.75) is 13.8 Å². The summed E-state index contributed by atoms with van der Waals surface area (Å²) in [6.45, 7) is 3.45. The summed E-state index contributed by atoms with van der Waals surface area (Å²) in [5.74, 6) is -0.950. The lowest BCUT2D eigenvalue weighted by molar-refractivity contribution is 0.102. The number of thiazole rings is 1. The van der Waals surface area contributed by atoms with Gasteiger partial charge >= 0.3 is 0 Å². The van der Waals surface area contributed by atoms with E-state index in [1.807, 2.05) is 0 Å². The Kier molecular flexibility index (Phi) is 3.29. The molecule has 94 valence electrons. The van der Waals surface area contributed by atoms with Crippen LogP contribution in [0.25, 0.3) is 0 Å². The summed E-state index contributed by atoms with van der Waals surface area (Å²) in [6, 6.07) is 2.69. The van der Waals surface area contributed by atoms with E-state index in [2.05, 4.69) is 10.3 Å². The van der Waals surface area contributed by atoms with E-state index >= 15 is 0 Å². The minimum atomic E-state index is -0.512. The van der Waals surface area contributed by atoms with Crippen molar-refractivity contribution in [2.24, 2.45) is 0 Å². The predicted molar refractivity (Wildman–Crippen MR) is 70.4 cm³/mol. The molecule has 0 fully saturated rings. The molecule has 1 aromatic carbocycles. The number of carbonyl (C=O) groups is 1. The number of anilines is 2. The van der Waals surface area contributed by atoms with Gasteiger partial charge in [0.05, 0.1) is 10.7 Å². The highest BCUT2D eigenvalue weighted by Crippen LogP contribution is 2.25. The van der Waals surface area contributed by atoms with Crippen LogP contribution in [-0.4, -0.2) is 10.9 Å². The fourth-order valence-electron chi connectivity index (χ4n) is 1.49. The second-order valence-corrected chi connectivity index (χ2v) is 4.90. The van der Waals surface area contributed by atoms with Crippen LogP contribution in [-0.2, 0) is 0 Å². The van der Waals surface area contributed by atoms with Gasteiger partial charge in [0.15, 0.2) is 0 Å². The van der Waals surface area contributed by atoms with Crippen LogP contribution in [0.5, 0.6) is 0 Å². The van der Waals surface area contributed by atoms with Gasteiger partial charge in [-0.1, -0.05) is 0 Å². The fraction of sp³-hybridized carbons (Fsp3) is 0.167. The smallest absolute Gasteiger partial charge is 0.275 e. The van der Waals surface area contributed by atoms with Crippen LogP contribution in [0.1, 0.15) is 21.1 Å². The van der Waals surface area contributed by atoms with Crippen LogP contribution >= 0.6 is 11.3 Å². The topological polar surface area (TPSA) is 68.0 Å². The summed E-state index contributed by atoms with van der Waals surface area (Å²) in [6.07, 6.45) is 0. The maximum atomic E-state index is 13.6. The normalized spacial score (nSPS) is 10.4. The lowest BCUT2D eigenvalue weighted by atomic mass is 10.1. The maximum Gasteiger partial charge on any atom is 0.275 e. The number of rotatable bonds is 2. The quantitative estimate of drug-likeness (QED) is 0.820. The van der Waals surface area contributed by atoms with Crippen LogP contribution in [0.2, 0.25) is 0 Å². The zero-order valence-corrected chi connectivity index (χ0v) is 10.8. The van der Waals surface area contributed by atoms with Crippen molar-refractivity contribution >= 4 is 28.6 Å². The molecule has 1 amide bonds. The lowest BCUT2D eigenvalue weighted by Gasteiger charge is -2.10. The molecule has 0 saturated carbocycles. The standard InChI is InChI=1S/C12H12FN3OS/c1-6-9(14)4-3-8(13)11(6)16-12(17)10-5-18-7(2)15-10/h3-5H,14H2,1-2H3,(H,16,17). The van der Waals surface area contributed by atoms with Gasteiger partial charge < -0.3 is 11.1 Å². The second kappa shape index (κ2) is 4.73. The van der Waals surface area contributed by atoms with Crippen LogP contribution in [0, 0.1) is 19.7 Å². The SMILES string of the molecule is Cc1nc(C(=O)Nc2c(F)ccc(N)c2C)cs1. The molecule has 6 heteroatoms. The number of nitrogens with two attached hydrogens (primary N) is 1. The minimum Gasteiger partial charge on any atom is -0.398 e. The third kappa shape index (κ3) is 2.33. The largest absolute Gasteiger partial charge is 0.398 e. The number of nitrogens with zero attached hydrogens (tertiary/aromatic N) is 1. The van der Waals surface area contributed by atoms with Crippen molar-refractivity contribution < 1.29 is 9.18 Å². The average molecular weight is 265 g/mol. The van der Waals surface area contributed by atoms with Crippen molar-refractivity contribution in [3.05, 3.63) is 39.6 Å². The molecule has 3 N–H and O–H groups in total. The molecule has 18 heavy (non-hydrogen) atoms. The first-order valence-electron chi connectivity index (χ1n) is 5.27. The number of benzene rings is 1. The molecule has 1 aromatic heterocycles. The van der Waals surface area contributed by atoms with E-state index in [-0.39, 0.29) is 11.4 Å². The van der Waals surface area contributed by atoms with Crippen molar-refractivity contribution in [1.82, 2.24) is 4.98 Å². The molecule has 0 radical (unpaired) electrons. The summed E-state index contributed by atoms with van der Waals surface area (Å²) < 4.78 is 13.6. The van der Waals surface area contributed by atoms with Gasteiger partial charge in [0.2, 0.25) is 0 Å². The fourth-order valence-corrected chi connectivity index (χ4v) is 2.09. The molecule has 0 aliphatic heterocycles. The third-order valence-electron chi connectivity index (χ3n) is 2.55. The minimum absolute atomic E-state index is 0.102. The zero-order chi connectivity index (χ0) is 13.3. The van der Waals surface area contributed by atoms with Gasteiger partial charge in [-0.3, -0.25) is 4.79 Å². The van der Waals surface area contributed by atoms with Gasteiger partial charge in [-0.25, -0.2) is 9.37 Å². The number of halogens is 1. The summed E-state index contributed by atoms with van der Waals surface area (Å²) in [5, 5.41) is 4.91. The molecule has 0 unspecified atom stereocenters. The number of hydrogen-bond donors (Lipinski definition) is 2. The van der Waals surface area contributed by atoms with Crippen molar-refractivity contribution in [2.75, 3.05) is 11.1 Å². The van der Waals surface area contributed by atoms with Gasteiger partial charge in [0, 0.05) is 11.1 Å². The molecule has 2 aromatic rings. The molecule has 0 aliphatic carbocycles. The zero-order valence-electron chi connectivity index (χ0n) is 9.95. The Morgan fingerprint density at radius 1 is 1.44 bits per heavy atom. The highest BCUT2D eigenvalue weighted by Gasteiger charge is 2.14. The number of amides is 1. The maximum absolute atomic E-state index is 13.6. The lowest BCUT2D eigenvalue weighted by Crippen LogP contribution is -2.15. The molecular weight excluding hydrogens is 253 g/mol. The Balaban J connectivity index is 2.30.